The van der Waals surface area contributed by atoms with E-state index in [4.69, 9.17) is 5.14 Å². The lowest BCUT2D eigenvalue weighted by atomic mass is 9.94. The van der Waals surface area contributed by atoms with Crippen LogP contribution in [0.15, 0.2) is 30.3 Å². The van der Waals surface area contributed by atoms with Crippen molar-refractivity contribution < 1.29 is 13.5 Å². The normalized spacial score (nSPS) is 15.5. The summed E-state index contributed by atoms with van der Waals surface area (Å²) in [5.74, 6) is -0.0884. The lowest BCUT2D eigenvalue weighted by Crippen LogP contribution is -2.34. The summed E-state index contributed by atoms with van der Waals surface area (Å²) >= 11 is 0. The van der Waals surface area contributed by atoms with Crippen LogP contribution in [0.1, 0.15) is 24.8 Å². The van der Waals surface area contributed by atoms with Gasteiger partial charge in [-0.15, -0.1) is 0 Å². The minimum atomic E-state index is -3.69. The third kappa shape index (κ3) is 5.78. The fraction of sp³-hybridized carbons (Fsp3) is 0.455. The van der Waals surface area contributed by atoms with E-state index in [1.165, 1.54) is 0 Å². The Labute approximate surface area is 102 Å². The summed E-state index contributed by atoms with van der Waals surface area (Å²) in [5.41, 5.74) is 0.976. The van der Waals surface area contributed by atoms with Gasteiger partial charge in [0.1, 0.15) is 0 Å². The van der Waals surface area contributed by atoms with Crippen molar-refractivity contribution in [3.05, 3.63) is 35.9 Å². The molecule has 6 heteroatoms. The Balaban J connectivity index is 2.74. The number of benzene rings is 1. The number of hydrogen-bond donors (Lipinski definition) is 3. The van der Waals surface area contributed by atoms with Crippen LogP contribution < -0.4 is 9.86 Å². The molecule has 0 aliphatic heterocycles. The Morgan fingerprint density at radius 1 is 1.35 bits per heavy atom. The first kappa shape index (κ1) is 14.1. The first-order valence-electron chi connectivity index (χ1n) is 5.39. The first-order valence-corrected chi connectivity index (χ1v) is 6.93. The van der Waals surface area contributed by atoms with Gasteiger partial charge in [-0.2, -0.15) is 8.42 Å². The second-order valence-electron chi connectivity index (χ2n) is 4.09. The molecule has 0 radical (unpaired) electrons. The average Bonchev–Trinajstić information content (AvgIpc) is 2.24. The van der Waals surface area contributed by atoms with Gasteiger partial charge in [-0.25, -0.2) is 9.86 Å². The molecule has 17 heavy (non-hydrogen) atoms. The number of rotatable bonds is 6. The predicted octanol–water partition coefficient (Wildman–Crippen LogP) is 0.334. The molecule has 4 N–H and O–H groups in total. The maximum atomic E-state index is 10.9. The van der Waals surface area contributed by atoms with Crippen LogP contribution in [-0.4, -0.2) is 26.2 Å². The van der Waals surface area contributed by atoms with Crippen molar-refractivity contribution >= 4 is 10.2 Å². The zero-order valence-corrected chi connectivity index (χ0v) is 10.5. The van der Waals surface area contributed by atoms with E-state index in [1.54, 1.807) is 6.92 Å². The SMILES string of the molecule is CC(O)CC(CNS(N)(=O)=O)c1ccccc1. The van der Waals surface area contributed by atoms with Crippen molar-refractivity contribution in [3.8, 4) is 0 Å². The Bertz CT molecular complexity index is 431. The smallest absolute Gasteiger partial charge is 0.274 e. The molecule has 0 spiro atoms. The van der Waals surface area contributed by atoms with Gasteiger partial charge in [0.25, 0.3) is 10.2 Å². The van der Waals surface area contributed by atoms with E-state index >= 15 is 0 Å². The summed E-state index contributed by atoms with van der Waals surface area (Å²) in [6.07, 6.45) is -0.0190. The molecule has 1 aromatic carbocycles. The molecule has 0 aliphatic carbocycles. The summed E-state index contributed by atoms with van der Waals surface area (Å²) in [6.45, 7) is 1.86. The maximum Gasteiger partial charge on any atom is 0.274 e. The lowest BCUT2D eigenvalue weighted by molar-refractivity contribution is 0.174. The highest BCUT2D eigenvalue weighted by Crippen LogP contribution is 2.20. The molecule has 0 aliphatic rings. The van der Waals surface area contributed by atoms with Gasteiger partial charge in [0.05, 0.1) is 6.10 Å². The molecule has 0 saturated carbocycles. The van der Waals surface area contributed by atoms with Gasteiger partial charge in [0, 0.05) is 6.54 Å². The van der Waals surface area contributed by atoms with E-state index in [2.05, 4.69) is 4.72 Å². The first-order chi connectivity index (χ1) is 7.88. The molecule has 2 atom stereocenters. The minimum absolute atomic E-state index is 0.0884. The summed E-state index contributed by atoms with van der Waals surface area (Å²) < 4.78 is 24.0. The molecular weight excluding hydrogens is 240 g/mol. The molecule has 0 amide bonds. The Morgan fingerprint density at radius 2 is 1.94 bits per heavy atom. The second-order valence-corrected chi connectivity index (χ2v) is 5.46. The highest BCUT2D eigenvalue weighted by atomic mass is 32.2. The van der Waals surface area contributed by atoms with E-state index in [1.807, 2.05) is 30.3 Å². The van der Waals surface area contributed by atoms with E-state index in [0.29, 0.717) is 6.42 Å². The molecule has 0 fully saturated rings. The Hall–Kier alpha value is -0.950. The van der Waals surface area contributed by atoms with Gasteiger partial charge in [-0.05, 0) is 24.8 Å². The van der Waals surface area contributed by atoms with Gasteiger partial charge in [-0.1, -0.05) is 30.3 Å². The highest BCUT2D eigenvalue weighted by Gasteiger charge is 2.15. The largest absolute Gasteiger partial charge is 0.393 e. The number of nitrogens with one attached hydrogen (secondary N) is 1. The summed E-state index contributed by atoms with van der Waals surface area (Å²) in [5, 5.41) is 14.3. The van der Waals surface area contributed by atoms with Gasteiger partial charge in [0.2, 0.25) is 0 Å². The lowest BCUT2D eigenvalue weighted by Gasteiger charge is -2.18. The zero-order valence-electron chi connectivity index (χ0n) is 9.70. The summed E-state index contributed by atoms with van der Waals surface area (Å²) in [7, 11) is -3.69. The average molecular weight is 258 g/mol. The maximum absolute atomic E-state index is 10.9. The molecule has 1 aromatic rings. The summed E-state index contributed by atoms with van der Waals surface area (Å²) in [4.78, 5) is 0. The van der Waals surface area contributed by atoms with Crippen LogP contribution >= 0.6 is 0 Å². The van der Waals surface area contributed by atoms with Crippen LogP contribution in [0.25, 0.3) is 0 Å². The van der Waals surface area contributed by atoms with E-state index in [0.717, 1.165) is 5.56 Å². The fourth-order valence-corrected chi connectivity index (χ4v) is 2.12. The quantitative estimate of drug-likeness (QED) is 0.686. The van der Waals surface area contributed by atoms with Crippen LogP contribution in [0.3, 0.4) is 0 Å². The molecule has 0 saturated heterocycles. The van der Waals surface area contributed by atoms with Crippen molar-refractivity contribution in [3.63, 3.8) is 0 Å². The van der Waals surface area contributed by atoms with E-state index in [9.17, 15) is 13.5 Å². The van der Waals surface area contributed by atoms with Crippen LogP contribution in [0.4, 0.5) is 0 Å². The van der Waals surface area contributed by atoms with Crippen LogP contribution in [0.2, 0.25) is 0 Å². The van der Waals surface area contributed by atoms with E-state index < -0.39 is 16.3 Å². The van der Waals surface area contributed by atoms with Gasteiger partial charge < -0.3 is 5.11 Å². The van der Waals surface area contributed by atoms with Crippen molar-refractivity contribution in [2.75, 3.05) is 6.54 Å². The Kier molecular flexibility index (Phi) is 5.07. The van der Waals surface area contributed by atoms with Crippen LogP contribution in [0, 0.1) is 0 Å². The standard InChI is InChI=1S/C11H18N2O3S/c1-9(14)7-11(8-13-17(12,15)16)10-5-3-2-4-6-10/h2-6,9,11,13-14H,7-8H2,1H3,(H2,12,15,16). The molecule has 0 heterocycles. The monoisotopic (exact) mass is 258 g/mol. The van der Waals surface area contributed by atoms with Crippen molar-refractivity contribution in [1.29, 1.82) is 0 Å². The number of aliphatic hydroxyl groups excluding tert-OH is 1. The number of hydrogen-bond acceptors (Lipinski definition) is 3. The third-order valence-electron chi connectivity index (χ3n) is 2.43. The van der Waals surface area contributed by atoms with Crippen molar-refractivity contribution in [2.24, 2.45) is 5.14 Å². The number of nitrogens with two attached hydrogens (primary N) is 1. The summed E-state index contributed by atoms with van der Waals surface area (Å²) in [6, 6.07) is 9.44. The highest BCUT2D eigenvalue weighted by molar-refractivity contribution is 7.87. The molecule has 5 nitrogen and oxygen atoms in total. The minimum Gasteiger partial charge on any atom is -0.393 e. The molecule has 0 aromatic heterocycles. The van der Waals surface area contributed by atoms with Crippen LogP contribution in [0.5, 0.6) is 0 Å². The molecule has 2 unspecified atom stereocenters. The molecule has 1 rings (SSSR count). The molecular formula is C11H18N2O3S. The van der Waals surface area contributed by atoms with Crippen LogP contribution in [-0.2, 0) is 10.2 Å². The van der Waals surface area contributed by atoms with Crippen molar-refractivity contribution in [2.45, 2.75) is 25.4 Å². The fourth-order valence-electron chi connectivity index (χ4n) is 1.69. The van der Waals surface area contributed by atoms with Gasteiger partial charge in [0.15, 0.2) is 0 Å². The number of aliphatic hydroxyl groups is 1. The second kappa shape index (κ2) is 6.11. The topological polar surface area (TPSA) is 92.4 Å². The van der Waals surface area contributed by atoms with Gasteiger partial charge in [-0.3, -0.25) is 0 Å². The predicted molar refractivity (Wildman–Crippen MR) is 66.6 cm³/mol. The molecule has 96 valence electrons. The van der Waals surface area contributed by atoms with Gasteiger partial charge >= 0.3 is 0 Å². The zero-order chi connectivity index (χ0) is 12.9. The van der Waals surface area contributed by atoms with E-state index in [-0.39, 0.29) is 12.5 Å². The Morgan fingerprint density at radius 3 is 2.41 bits per heavy atom. The molecule has 0 bridgehead atoms. The van der Waals surface area contributed by atoms with Crippen molar-refractivity contribution in [1.82, 2.24) is 4.72 Å². The third-order valence-corrected chi connectivity index (χ3v) is 3.00.